The van der Waals surface area contributed by atoms with Crippen LogP contribution in [0.4, 0.5) is 13.2 Å². The van der Waals surface area contributed by atoms with Crippen LogP contribution in [0.25, 0.3) is 0 Å². The molecule has 1 aliphatic heterocycles. The van der Waals surface area contributed by atoms with Crippen molar-refractivity contribution in [3.05, 3.63) is 29.8 Å². The third-order valence-corrected chi connectivity index (χ3v) is 3.55. The van der Waals surface area contributed by atoms with Gasteiger partial charge in [-0.3, -0.25) is 4.79 Å². The molecule has 1 saturated heterocycles. The van der Waals surface area contributed by atoms with Crippen LogP contribution < -0.4 is 15.4 Å². The van der Waals surface area contributed by atoms with E-state index in [0.717, 1.165) is 32.0 Å². The molecule has 1 aromatic rings. The highest BCUT2D eigenvalue weighted by Crippen LogP contribution is 2.36. The van der Waals surface area contributed by atoms with Gasteiger partial charge < -0.3 is 15.4 Å². The fourth-order valence-electron chi connectivity index (χ4n) is 2.33. The lowest BCUT2D eigenvalue weighted by Gasteiger charge is -2.25. The van der Waals surface area contributed by atoms with Crippen LogP contribution in [0.2, 0.25) is 0 Å². The average Bonchev–Trinajstić information content (AvgIpc) is 2.47. The van der Waals surface area contributed by atoms with E-state index in [1.165, 1.54) is 25.1 Å². The average molecular weight is 316 g/mol. The van der Waals surface area contributed by atoms with Crippen molar-refractivity contribution in [2.75, 3.05) is 13.1 Å². The normalized spacial score (nSPS) is 17.8. The van der Waals surface area contributed by atoms with E-state index >= 15 is 0 Å². The van der Waals surface area contributed by atoms with Crippen LogP contribution in [0.15, 0.2) is 24.3 Å². The Morgan fingerprint density at radius 1 is 1.32 bits per heavy atom. The van der Waals surface area contributed by atoms with Gasteiger partial charge in [-0.15, -0.1) is 0 Å². The highest BCUT2D eigenvalue weighted by Gasteiger charge is 2.35. The number of halogens is 3. The van der Waals surface area contributed by atoms with E-state index in [4.69, 9.17) is 4.74 Å². The van der Waals surface area contributed by atoms with Crippen molar-refractivity contribution < 1.29 is 22.7 Å². The summed E-state index contributed by atoms with van der Waals surface area (Å²) >= 11 is 0. The monoisotopic (exact) mass is 316 g/mol. The van der Waals surface area contributed by atoms with E-state index in [2.05, 4.69) is 10.6 Å². The minimum atomic E-state index is -4.51. The first-order valence-corrected chi connectivity index (χ1v) is 7.22. The van der Waals surface area contributed by atoms with E-state index in [1.807, 2.05) is 0 Å². The van der Waals surface area contributed by atoms with E-state index in [-0.39, 0.29) is 11.8 Å². The summed E-state index contributed by atoms with van der Waals surface area (Å²) in [7, 11) is 0. The SMILES string of the molecule is CC(Oc1ccccc1C(F)(F)F)C(=O)NC1CCNCC1. The first kappa shape index (κ1) is 16.6. The number of piperidine rings is 1. The predicted molar refractivity (Wildman–Crippen MR) is 75.6 cm³/mol. The second kappa shape index (κ2) is 7.00. The number of amides is 1. The van der Waals surface area contributed by atoms with Crippen molar-refractivity contribution in [2.24, 2.45) is 0 Å². The van der Waals surface area contributed by atoms with Crippen LogP contribution in [-0.4, -0.2) is 31.1 Å². The van der Waals surface area contributed by atoms with Gasteiger partial charge in [-0.05, 0) is 45.0 Å². The van der Waals surface area contributed by atoms with Crippen LogP contribution in [0.5, 0.6) is 5.75 Å². The molecule has 0 saturated carbocycles. The molecule has 1 heterocycles. The summed E-state index contributed by atoms with van der Waals surface area (Å²) in [6.45, 7) is 3.08. The minimum Gasteiger partial charge on any atom is -0.480 e. The van der Waals surface area contributed by atoms with E-state index in [0.29, 0.717) is 0 Å². The molecule has 2 N–H and O–H groups in total. The third kappa shape index (κ3) is 4.37. The lowest BCUT2D eigenvalue weighted by Crippen LogP contribution is -2.47. The first-order valence-electron chi connectivity index (χ1n) is 7.22. The lowest BCUT2D eigenvalue weighted by atomic mass is 10.1. The highest BCUT2D eigenvalue weighted by atomic mass is 19.4. The topological polar surface area (TPSA) is 50.4 Å². The molecule has 1 aromatic carbocycles. The van der Waals surface area contributed by atoms with Gasteiger partial charge >= 0.3 is 6.18 Å². The van der Waals surface area contributed by atoms with Gasteiger partial charge in [0.15, 0.2) is 6.10 Å². The molecule has 0 spiro atoms. The molecule has 0 aliphatic carbocycles. The molecule has 1 fully saturated rings. The maximum Gasteiger partial charge on any atom is 0.419 e. The van der Waals surface area contributed by atoms with Gasteiger partial charge in [0, 0.05) is 6.04 Å². The summed E-state index contributed by atoms with van der Waals surface area (Å²) in [6, 6.07) is 4.93. The number of carbonyl (C=O) groups is 1. The number of benzene rings is 1. The van der Waals surface area contributed by atoms with Crippen molar-refractivity contribution in [1.82, 2.24) is 10.6 Å². The Kier molecular flexibility index (Phi) is 5.28. The molecule has 1 unspecified atom stereocenters. The fourth-order valence-corrected chi connectivity index (χ4v) is 2.33. The summed E-state index contributed by atoms with van der Waals surface area (Å²) in [4.78, 5) is 12.0. The van der Waals surface area contributed by atoms with Crippen LogP contribution >= 0.6 is 0 Å². The van der Waals surface area contributed by atoms with Crippen LogP contribution in [0.1, 0.15) is 25.3 Å². The van der Waals surface area contributed by atoms with Crippen molar-refractivity contribution in [3.8, 4) is 5.75 Å². The van der Waals surface area contributed by atoms with Gasteiger partial charge in [0.2, 0.25) is 0 Å². The molecule has 0 radical (unpaired) electrons. The smallest absolute Gasteiger partial charge is 0.419 e. The lowest BCUT2D eigenvalue weighted by molar-refractivity contribution is -0.140. The summed E-state index contributed by atoms with van der Waals surface area (Å²) in [6.07, 6.45) is -3.89. The Balaban J connectivity index is 1.99. The number of nitrogens with one attached hydrogen (secondary N) is 2. The molecule has 0 bridgehead atoms. The number of hydrogen-bond donors (Lipinski definition) is 2. The van der Waals surface area contributed by atoms with Crippen LogP contribution in [0, 0.1) is 0 Å². The summed E-state index contributed by atoms with van der Waals surface area (Å²) < 4.78 is 43.9. The zero-order chi connectivity index (χ0) is 16.2. The third-order valence-electron chi connectivity index (χ3n) is 3.55. The summed E-state index contributed by atoms with van der Waals surface area (Å²) in [5.41, 5.74) is -0.878. The Bertz CT molecular complexity index is 514. The quantitative estimate of drug-likeness (QED) is 0.896. The molecule has 22 heavy (non-hydrogen) atoms. The molecule has 1 aliphatic rings. The van der Waals surface area contributed by atoms with Gasteiger partial charge in [0.05, 0.1) is 5.56 Å². The maximum atomic E-state index is 12.9. The fraction of sp³-hybridized carbons (Fsp3) is 0.533. The predicted octanol–water partition coefficient (Wildman–Crippen LogP) is 2.34. The number of carbonyl (C=O) groups excluding carboxylic acids is 1. The standard InChI is InChI=1S/C15H19F3N2O2/c1-10(14(21)20-11-6-8-19-9-7-11)22-13-5-3-2-4-12(13)15(16,17)18/h2-5,10-11,19H,6-9H2,1H3,(H,20,21). The molecule has 122 valence electrons. The van der Waals surface area contributed by atoms with E-state index in [1.54, 1.807) is 0 Å². The number of para-hydroxylation sites is 1. The molecule has 1 atom stereocenters. The number of rotatable bonds is 4. The zero-order valence-corrected chi connectivity index (χ0v) is 12.2. The number of ether oxygens (including phenoxy) is 1. The van der Waals surface area contributed by atoms with Crippen LogP contribution in [0.3, 0.4) is 0 Å². The van der Waals surface area contributed by atoms with Gasteiger partial charge in [-0.25, -0.2) is 0 Å². The molecule has 0 aromatic heterocycles. The van der Waals surface area contributed by atoms with Crippen molar-refractivity contribution in [3.63, 3.8) is 0 Å². The Hall–Kier alpha value is -1.76. The Labute approximate surface area is 127 Å². The largest absolute Gasteiger partial charge is 0.480 e. The molecular weight excluding hydrogens is 297 g/mol. The summed E-state index contributed by atoms with van der Waals surface area (Å²) in [5, 5.41) is 5.99. The molecule has 4 nitrogen and oxygen atoms in total. The Morgan fingerprint density at radius 3 is 2.59 bits per heavy atom. The second-order valence-corrected chi connectivity index (χ2v) is 5.29. The molecule has 7 heteroatoms. The van der Waals surface area contributed by atoms with Crippen molar-refractivity contribution in [2.45, 2.75) is 38.1 Å². The second-order valence-electron chi connectivity index (χ2n) is 5.29. The zero-order valence-electron chi connectivity index (χ0n) is 12.2. The Morgan fingerprint density at radius 2 is 1.95 bits per heavy atom. The van der Waals surface area contributed by atoms with E-state index in [9.17, 15) is 18.0 Å². The molecule has 2 rings (SSSR count). The highest BCUT2D eigenvalue weighted by molar-refractivity contribution is 5.81. The van der Waals surface area contributed by atoms with Gasteiger partial charge in [0.25, 0.3) is 5.91 Å². The first-order chi connectivity index (χ1) is 10.4. The number of alkyl halides is 3. The minimum absolute atomic E-state index is 0.0395. The molecular formula is C15H19F3N2O2. The summed E-state index contributed by atoms with van der Waals surface area (Å²) in [5.74, 6) is -0.730. The van der Waals surface area contributed by atoms with Gasteiger partial charge in [0.1, 0.15) is 5.75 Å². The van der Waals surface area contributed by atoms with Crippen LogP contribution in [-0.2, 0) is 11.0 Å². The van der Waals surface area contributed by atoms with Crippen molar-refractivity contribution >= 4 is 5.91 Å². The molecule has 1 amide bonds. The van der Waals surface area contributed by atoms with Gasteiger partial charge in [-0.1, -0.05) is 12.1 Å². The number of hydrogen-bond acceptors (Lipinski definition) is 3. The van der Waals surface area contributed by atoms with Gasteiger partial charge in [-0.2, -0.15) is 13.2 Å². The van der Waals surface area contributed by atoms with Crippen molar-refractivity contribution in [1.29, 1.82) is 0 Å². The maximum absolute atomic E-state index is 12.9. The van der Waals surface area contributed by atoms with E-state index < -0.39 is 23.8 Å².